The molecule has 0 spiro atoms. The second kappa shape index (κ2) is 12.7. The van der Waals surface area contributed by atoms with Gasteiger partial charge in [0.25, 0.3) is 0 Å². The van der Waals surface area contributed by atoms with Crippen LogP contribution in [0.25, 0.3) is 0 Å². The van der Waals surface area contributed by atoms with E-state index in [0.717, 1.165) is 18.4 Å². The minimum absolute atomic E-state index is 0.0796. The van der Waals surface area contributed by atoms with E-state index < -0.39 is 24.2 Å². The Labute approximate surface area is 224 Å². The zero-order valence-corrected chi connectivity index (χ0v) is 22.9. The minimum atomic E-state index is -1.13. The maximum Gasteiger partial charge on any atom is 0.247 e. The number of amides is 2. The second-order valence-electron chi connectivity index (χ2n) is 9.32. The van der Waals surface area contributed by atoms with Gasteiger partial charge >= 0.3 is 0 Å². The van der Waals surface area contributed by atoms with Crippen molar-refractivity contribution in [3.63, 3.8) is 0 Å². The van der Waals surface area contributed by atoms with Gasteiger partial charge in [-0.3, -0.25) is 14.4 Å². The molecule has 196 valence electrons. The lowest BCUT2D eigenvalue weighted by molar-refractivity contribution is -0.134. The Bertz CT molecular complexity index is 1050. The smallest absolute Gasteiger partial charge is 0.247 e. The summed E-state index contributed by atoms with van der Waals surface area (Å²) in [5.41, 5.74) is 1.60. The summed E-state index contributed by atoms with van der Waals surface area (Å²) in [6, 6.07) is 2.47. The van der Waals surface area contributed by atoms with E-state index in [1.165, 1.54) is 13.2 Å². The summed E-state index contributed by atoms with van der Waals surface area (Å²) < 4.78 is 12.2. The van der Waals surface area contributed by atoms with E-state index in [1.54, 1.807) is 23.1 Å². The molecule has 10 heteroatoms. The number of carbonyl (C=O) groups excluding carboxylic acids is 3. The Hall–Kier alpha value is -2.44. The summed E-state index contributed by atoms with van der Waals surface area (Å²) in [6.45, 7) is 4.02. The molecule has 0 unspecified atom stereocenters. The first kappa shape index (κ1) is 28.1. The number of hydrogen-bond acceptors (Lipinski definition) is 7. The third-order valence-electron chi connectivity index (χ3n) is 6.10. The lowest BCUT2D eigenvalue weighted by Crippen LogP contribution is -2.55. The third-order valence-corrected chi connectivity index (χ3v) is 6.90. The Kier molecular flexibility index (Phi) is 9.92. The van der Waals surface area contributed by atoms with Crippen molar-refractivity contribution in [3.8, 4) is 11.5 Å². The number of hydrogen-bond donors (Lipinski definition) is 3. The number of benzene rings is 1. The van der Waals surface area contributed by atoms with Gasteiger partial charge in [0.05, 0.1) is 23.3 Å². The number of rotatable bonds is 11. The highest BCUT2D eigenvalue weighted by Crippen LogP contribution is 2.38. The quantitative estimate of drug-likeness (QED) is 0.199. The number of halogens is 1. The molecule has 2 aliphatic carbocycles. The summed E-state index contributed by atoms with van der Waals surface area (Å²) in [6.07, 6.45) is 3.87. The molecule has 0 saturated heterocycles. The molecule has 2 amide bonds. The van der Waals surface area contributed by atoms with Crippen molar-refractivity contribution in [3.05, 3.63) is 44.6 Å². The maximum absolute atomic E-state index is 13.2. The normalized spacial score (nSPS) is 21.2. The first-order valence-electron chi connectivity index (χ1n) is 11.9. The first-order valence-corrected chi connectivity index (χ1v) is 13.0. The second-order valence-corrected chi connectivity index (χ2v) is 10.5. The molecule has 0 radical (unpaired) electrons. The molecule has 2 aliphatic rings. The highest BCUT2D eigenvalue weighted by molar-refractivity contribution is 14.1. The molecule has 0 bridgehead atoms. The monoisotopic (exact) mass is 612 g/mol. The van der Waals surface area contributed by atoms with Gasteiger partial charge in [-0.15, -0.1) is 0 Å². The van der Waals surface area contributed by atoms with Gasteiger partial charge in [0.1, 0.15) is 18.5 Å². The predicted molar refractivity (Wildman–Crippen MR) is 142 cm³/mol. The molecule has 36 heavy (non-hydrogen) atoms. The van der Waals surface area contributed by atoms with Crippen LogP contribution in [0.3, 0.4) is 0 Å². The highest BCUT2D eigenvalue weighted by Gasteiger charge is 2.42. The molecular weight excluding hydrogens is 579 g/mol. The van der Waals surface area contributed by atoms with Crippen LogP contribution in [-0.2, 0) is 9.59 Å². The van der Waals surface area contributed by atoms with Gasteiger partial charge < -0.3 is 29.9 Å². The number of aldehydes is 1. The van der Waals surface area contributed by atoms with E-state index >= 15 is 0 Å². The van der Waals surface area contributed by atoms with Gasteiger partial charge in [-0.2, -0.15) is 0 Å². The fourth-order valence-corrected chi connectivity index (χ4v) is 4.89. The lowest BCUT2D eigenvalue weighted by atomic mass is 9.88. The van der Waals surface area contributed by atoms with Crippen LogP contribution in [0.5, 0.6) is 11.5 Å². The van der Waals surface area contributed by atoms with Crippen molar-refractivity contribution >= 4 is 40.7 Å². The number of allylic oxidation sites excluding steroid dienone is 1. The third kappa shape index (κ3) is 7.07. The average molecular weight is 612 g/mol. The summed E-state index contributed by atoms with van der Waals surface area (Å²) in [4.78, 5) is 39.0. The van der Waals surface area contributed by atoms with Crippen LogP contribution >= 0.6 is 22.6 Å². The summed E-state index contributed by atoms with van der Waals surface area (Å²) in [7, 11) is 1.45. The van der Waals surface area contributed by atoms with E-state index in [-0.39, 0.29) is 25.5 Å². The molecule has 0 heterocycles. The molecule has 3 rings (SSSR count). The number of nitrogens with zero attached hydrogens (tertiary/aromatic N) is 1. The molecule has 1 aromatic rings. The molecule has 1 aromatic carbocycles. The SMILES string of the molecule is COc1cc(C=O)cc(I)c1O[C@H]1C=C(C(=O)NCCO)C[C@@H](N(CC2CC2)C(=O)C=C(C)C)[C@@H]1O. The van der Waals surface area contributed by atoms with E-state index in [4.69, 9.17) is 14.6 Å². The van der Waals surface area contributed by atoms with E-state index in [9.17, 15) is 19.5 Å². The standard InChI is InChI=1S/C26H33IN2O7/c1-15(2)8-23(32)29(13-16-4-5-16)20-11-18(26(34)28-6-7-30)12-21(24(20)33)36-25-19(27)9-17(14-31)10-22(25)35-3/h8-10,12,14,16,20-21,24,30,33H,4-7,11,13H2,1-3H3,(H,28,34)/t20-,21+,24+/m1/s1. The van der Waals surface area contributed by atoms with Crippen molar-refractivity contribution in [1.29, 1.82) is 0 Å². The van der Waals surface area contributed by atoms with Crippen molar-refractivity contribution in [2.75, 3.05) is 26.8 Å². The van der Waals surface area contributed by atoms with Crippen LogP contribution < -0.4 is 14.8 Å². The van der Waals surface area contributed by atoms with Crippen LogP contribution in [0.2, 0.25) is 0 Å². The number of nitrogens with one attached hydrogen (secondary N) is 1. The Morgan fingerprint density at radius 1 is 1.28 bits per heavy atom. The van der Waals surface area contributed by atoms with Crippen molar-refractivity contribution in [1.82, 2.24) is 10.2 Å². The van der Waals surface area contributed by atoms with Gasteiger partial charge in [0, 0.05) is 36.7 Å². The van der Waals surface area contributed by atoms with Gasteiger partial charge in [0.15, 0.2) is 11.5 Å². The summed E-state index contributed by atoms with van der Waals surface area (Å²) >= 11 is 2.02. The molecule has 3 N–H and O–H groups in total. The fourth-order valence-electron chi connectivity index (χ4n) is 4.14. The average Bonchev–Trinajstić information content (AvgIpc) is 3.67. The predicted octanol–water partition coefficient (Wildman–Crippen LogP) is 2.23. The number of aliphatic hydroxyl groups excluding tert-OH is 2. The Morgan fingerprint density at radius 2 is 2.00 bits per heavy atom. The molecule has 3 atom stereocenters. The fraction of sp³-hybridized carbons (Fsp3) is 0.500. The van der Waals surface area contributed by atoms with Crippen molar-refractivity contribution in [2.24, 2.45) is 5.92 Å². The highest BCUT2D eigenvalue weighted by atomic mass is 127. The zero-order chi connectivity index (χ0) is 26.4. The topological polar surface area (TPSA) is 125 Å². The van der Waals surface area contributed by atoms with Crippen LogP contribution in [0.1, 0.15) is 43.5 Å². The van der Waals surface area contributed by atoms with E-state index in [2.05, 4.69) is 5.32 Å². The minimum Gasteiger partial charge on any atom is -0.493 e. The first-order chi connectivity index (χ1) is 17.2. The molecule has 9 nitrogen and oxygen atoms in total. The molecular formula is C26H33IN2O7. The Morgan fingerprint density at radius 3 is 2.58 bits per heavy atom. The summed E-state index contributed by atoms with van der Waals surface area (Å²) in [5.74, 6) is 0.385. The molecule has 1 fully saturated rings. The van der Waals surface area contributed by atoms with Gasteiger partial charge in [-0.1, -0.05) is 5.57 Å². The number of carbonyl (C=O) groups is 3. The maximum atomic E-state index is 13.2. The number of aliphatic hydroxyl groups is 2. The van der Waals surface area contributed by atoms with Gasteiger partial charge in [-0.05, 0) is 73.4 Å². The number of methoxy groups -OCH3 is 1. The van der Waals surface area contributed by atoms with Crippen LogP contribution in [0, 0.1) is 9.49 Å². The molecule has 0 aromatic heterocycles. The molecule has 1 saturated carbocycles. The lowest BCUT2D eigenvalue weighted by Gasteiger charge is -2.40. The molecule has 0 aliphatic heterocycles. The van der Waals surface area contributed by atoms with Crippen LogP contribution in [0.15, 0.2) is 35.4 Å². The van der Waals surface area contributed by atoms with E-state index in [1.807, 2.05) is 36.4 Å². The Balaban J connectivity index is 2.00. The van der Waals surface area contributed by atoms with Crippen molar-refractivity contribution in [2.45, 2.75) is 51.4 Å². The zero-order valence-electron chi connectivity index (χ0n) is 20.7. The largest absolute Gasteiger partial charge is 0.493 e. The number of ether oxygens (including phenoxy) is 2. The van der Waals surface area contributed by atoms with Gasteiger partial charge in [0.2, 0.25) is 11.8 Å². The van der Waals surface area contributed by atoms with Crippen LogP contribution in [0.4, 0.5) is 0 Å². The van der Waals surface area contributed by atoms with Crippen LogP contribution in [-0.4, -0.2) is 78.3 Å². The van der Waals surface area contributed by atoms with Gasteiger partial charge in [-0.25, -0.2) is 0 Å². The van der Waals surface area contributed by atoms with Crippen molar-refractivity contribution < 1.29 is 34.1 Å². The van der Waals surface area contributed by atoms with E-state index in [0.29, 0.717) is 45.0 Å². The summed E-state index contributed by atoms with van der Waals surface area (Å²) in [5, 5.41) is 23.2.